The van der Waals surface area contributed by atoms with Crippen LogP contribution in [0, 0.1) is 0 Å². The van der Waals surface area contributed by atoms with Crippen molar-refractivity contribution in [3.8, 4) is 5.75 Å². The summed E-state index contributed by atoms with van der Waals surface area (Å²) in [5.74, 6) is 0.730. The number of hydrogen-bond donors (Lipinski definition) is 0. The first kappa shape index (κ1) is 18.5. The molecule has 2 saturated heterocycles. The zero-order chi connectivity index (χ0) is 19.6. The van der Waals surface area contributed by atoms with Crippen molar-refractivity contribution >= 4 is 17.5 Å². The molecule has 146 valence electrons. The van der Waals surface area contributed by atoms with Crippen LogP contribution in [0.3, 0.4) is 0 Å². The van der Waals surface area contributed by atoms with E-state index in [1.54, 1.807) is 31.4 Å². The SMILES string of the molecule is COc1ccc(C(=O)N2CCC3(CC2)CN(c2ccccc2)C(=O)CO3)cc1. The lowest BCUT2D eigenvalue weighted by Crippen LogP contribution is -2.59. The van der Waals surface area contributed by atoms with Crippen molar-refractivity contribution in [3.63, 3.8) is 0 Å². The molecule has 2 aliphatic rings. The van der Waals surface area contributed by atoms with Crippen molar-refractivity contribution in [2.75, 3.05) is 38.3 Å². The second-order valence-electron chi connectivity index (χ2n) is 7.31. The number of para-hydroxylation sites is 1. The number of likely N-dealkylation sites (tertiary alicyclic amines) is 1. The molecule has 2 aliphatic heterocycles. The fourth-order valence-electron chi connectivity index (χ4n) is 3.89. The molecule has 0 N–H and O–H groups in total. The summed E-state index contributed by atoms with van der Waals surface area (Å²) in [7, 11) is 1.61. The average molecular weight is 380 g/mol. The van der Waals surface area contributed by atoms with Crippen molar-refractivity contribution in [1.82, 2.24) is 4.90 Å². The Morgan fingerprint density at radius 1 is 1.04 bits per heavy atom. The van der Waals surface area contributed by atoms with E-state index in [1.165, 1.54) is 0 Å². The lowest BCUT2D eigenvalue weighted by molar-refractivity contribution is -0.143. The largest absolute Gasteiger partial charge is 0.497 e. The molecule has 6 heteroatoms. The number of benzene rings is 2. The first-order valence-electron chi connectivity index (χ1n) is 9.53. The molecule has 4 rings (SSSR count). The maximum Gasteiger partial charge on any atom is 0.253 e. The van der Waals surface area contributed by atoms with E-state index >= 15 is 0 Å². The number of carbonyl (C=O) groups excluding carboxylic acids is 2. The van der Waals surface area contributed by atoms with Crippen molar-refractivity contribution in [2.45, 2.75) is 18.4 Å². The van der Waals surface area contributed by atoms with E-state index in [0.29, 0.717) is 38.0 Å². The zero-order valence-corrected chi connectivity index (χ0v) is 16.0. The number of rotatable bonds is 3. The number of hydrogen-bond acceptors (Lipinski definition) is 4. The maximum atomic E-state index is 12.8. The third-order valence-corrected chi connectivity index (χ3v) is 5.62. The van der Waals surface area contributed by atoms with E-state index in [2.05, 4.69) is 0 Å². The fraction of sp³-hybridized carbons (Fsp3) is 0.364. The number of morpholine rings is 1. The average Bonchev–Trinajstić information content (AvgIpc) is 2.76. The van der Waals surface area contributed by atoms with Gasteiger partial charge in [0.15, 0.2) is 0 Å². The van der Waals surface area contributed by atoms with Gasteiger partial charge in [-0.15, -0.1) is 0 Å². The lowest BCUT2D eigenvalue weighted by Gasteiger charge is -2.47. The molecular weight excluding hydrogens is 356 g/mol. The van der Waals surface area contributed by atoms with Crippen LogP contribution in [0.4, 0.5) is 5.69 Å². The van der Waals surface area contributed by atoms with Crippen LogP contribution in [0.5, 0.6) is 5.75 Å². The molecule has 2 fully saturated rings. The van der Waals surface area contributed by atoms with Crippen LogP contribution in [-0.2, 0) is 9.53 Å². The highest BCUT2D eigenvalue weighted by Gasteiger charge is 2.43. The van der Waals surface area contributed by atoms with E-state index in [-0.39, 0.29) is 24.0 Å². The lowest BCUT2D eigenvalue weighted by atomic mass is 9.88. The zero-order valence-electron chi connectivity index (χ0n) is 16.0. The number of methoxy groups -OCH3 is 1. The van der Waals surface area contributed by atoms with E-state index in [9.17, 15) is 9.59 Å². The Kier molecular flexibility index (Phi) is 5.05. The van der Waals surface area contributed by atoms with Crippen LogP contribution in [0.1, 0.15) is 23.2 Å². The standard InChI is InChI=1S/C22H24N2O4/c1-27-19-9-7-17(8-10-19)21(26)23-13-11-22(12-14-23)16-24(20(25)15-28-22)18-5-3-2-4-6-18/h2-10H,11-16H2,1H3. The van der Waals surface area contributed by atoms with Crippen LogP contribution in [-0.4, -0.2) is 55.7 Å². The Balaban J connectivity index is 1.42. The number of anilines is 1. The molecule has 0 atom stereocenters. The first-order valence-corrected chi connectivity index (χ1v) is 9.53. The van der Waals surface area contributed by atoms with E-state index in [1.807, 2.05) is 40.1 Å². The Labute approximate surface area is 164 Å². The van der Waals surface area contributed by atoms with Gasteiger partial charge in [0.25, 0.3) is 11.8 Å². The van der Waals surface area contributed by atoms with Gasteiger partial charge >= 0.3 is 0 Å². The van der Waals surface area contributed by atoms with Crippen molar-refractivity contribution in [1.29, 1.82) is 0 Å². The van der Waals surface area contributed by atoms with E-state index in [4.69, 9.17) is 9.47 Å². The van der Waals surface area contributed by atoms with Crippen molar-refractivity contribution in [3.05, 3.63) is 60.2 Å². The summed E-state index contributed by atoms with van der Waals surface area (Å²) < 4.78 is 11.1. The van der Waals surface area contributed by atoms with Gasteiger partial charge in [0.05, 0.1) is 19.3 Å². The Morgan fingerprint density at radius 2 is 1.71 bits per heavy atom. The number of nitrogens with zero attached hydrogens (tertiary/aromatic N) is 2. The topological polar surface area (TPSA) is 59.1 Å². The minimum atomic E-state index is -0.388. The molecule has 2 amide bonds. The van der Waals surface area contributed by atoms with Crippen molar-refractivity contribution < 1.29 is 19.1 Å². The Hall–Kier alpha value is -2.86. The van der Waals surface area contributed by atoms with Gasteiger partial charge in [0, 0.05) is 24.3 Å². The molecule has 2 heterocycles. The molecule has 2 aromatic rings. The van der Waals surface area contributed by atoms with Gasteiger partial charge in [-0.25, -0.2) is 0 Å². The fourth-order valence-corrected chi connectivity index (χ4v) is 3.89. The summed E-state index contributed by atoms with van der Waals surface area (Å²) in [4.78, 5) is 28.8. The van der Waals surface area contributed by atoms with Gasteiger partial charge in [-0.2, -0.15) is 0 Å². The third-order valence-electron chi connectivity index (χ3n) is 5.62. The summed E-state index contributed by atoms with van der Waals surface area (Å²) >= 11 is 0. The highest BCUT2D eigenvalue weighted by Crippen LogP contribution is 2.33. The van der Waals surface area contributed by atoms with Gasteiger partial charge in [-0.3, -0.25) is 9.59 Å². The second-order valence-corrected chi connectivity index (χ2v) is 7.31. The highest BCUT2D eigenvalue weighted by atomic mass is 16.5. The van der Waals surface area contributed by atoms with Crippen molar-refractivity contribution in [2.24, 2.45) is 0 Å². The summed E-state index contributed by atoms with van der Waals surface area (Å²) in [5, 5.41) is 0. The molecule has 0 aromatic heterocycles. The second kappa shape index (κ2) is 7.64. The molecule has 6 nitrogen and oxygen atoms in total. The van der Waals surface area contributed by atoms with E-state index in [0.717, 1.165) is 11.4 Å². The van der Waals surface area contributed by atoms with Gasteiger partial charge in [-0.05, 0) is 49.2 Å². The Bertz CT molecular complexity index is 843. The minimum absolute atomic E-state index is 0.0179. The van der Waals surface area contributed by atoms with E-state index < -0.39 is 0 Å². The smallest absolute Gasteiger partial charge is 0.253 e. The maximum absolute atomic E-state index is 12.8. The number of piperidine rings is 1. The van der Waals surface area contributed by atoms with Crippen LogP contribution in [0.2, 0.25) is 0 Å². The van der Waals surface area contributed by atoms with Crippen LogP contribution in [0.15, 0.2) is 54.6 Å². The number of amides is 2. The van der Waals surface area contributed by atoms with Gasteiger partial charge in [0.1, 0.15) is 12.4 Å². The first-order chi connectivity index (χ1) is 13.6. The normalized spacial score (nSPS) is 19.0. The highest BCUT2D eigenvalue weighted by molar-refractivity contribution is 5.95. The molecular formula is C22H24N2O4. The number of carbonyl (C=O) groups is 2. The molecule has 0 bridgehead atoms. The molecule has 0 radical (unpaired) electrons. The summed E-state index contributed by atoms with van der Waals surface area (Å²) in [6, 6.07) is 16.9. The molecule has 0 unspecified atom stereocenters. The van der Waals surface area contributed by atoms with Crippen LogP contribution in [0.25, 0.3) is 0 Å². The van der Waals surface area contributed by atoms with Crippen LogP contribution < -0.4 is 9.64 Å². The summed E-state index contributed by atoms with van der Waals surface area (Å²) in [6.07, 6.45) is 1.43. The predicted octanol–water partition coefficient (Wildman–Crippen LogP) is 2.73. The number of ether oxygens (including phenoxy) is 2. The molecule has 28 heavy (non-hydrogen) atoms. The van der Waals surface area contributed by atoms with Gasteiger partial charge in [0.2, 0.25) is 0 Å². The predicted molar refractivity (Wildman–Crippen MR) is 106 cm³/mol. The monoisotopic (exact) mass is 380 g/mol. The molecule has 1 spiro atoms. The Morgan fingerprint density at radius 3 is 2.36 bits per heavy atom. The quantitative estimate of drug-likeness (QED) is 0.822. The molecule has 0 aliphatic carbocycles. The molecule has 0 saturated carbocycles. The van der Waals surface area contributed by atoms with Gasteiger partial charge in [-0.1, -0.05) is 18.2 Å². The summed E-state index contributed by atoms with van der Waals surface area (Å²) in [5.41, 5.74) is 1.16. The summed E-state index contributed by atoms with van der Waals surface area (Å²) in [6.45, 7) is 1.84. The third kappa shape index (κ3) is 3.60. The van der Waals surface area contributed by atoms with Gasteiger partial charge < -0.3 is 19.3 Å². The minimum Gasteiger partial charge on any atom is -0.497 e. The van der Waals surface area contributed by atoms with Crippen LogP contribution >= 0.6 is 0 Å². The molecule has 2 aromatic carbocycles.